The van der Waals surface area contributed by atoms with Gasteiger partial charge in [-0.15, -0.1) is 0 Å². The number of anilines is 1. The van der Waals surface area contributed by atoms with E-state index in [4.69, 9.17) is 11.5 Å². The molecular weight excluding hydrogens is 200 g/mol. The van der Waals surface area contributed by atoms with Crippen molar-refractivity contribution in [3.63, 3.8) is 0 Å². The van der Waals surface area contributed by atoms with Crippen molar-refractivity contribution in [2.75, 3.05) is 5.73 Å². The van der Waals surface area contributed by atoms with E-state index in [1.807, 2.05) is 0 Å². The molecule has 0 aliphatic carbocycles. The number of benzene rings is 1. The average Bonchev–Trinajstić information content (AvgIpc) is 2.07. The molecule has 0 saturated carbocycles. The van der Waals surface area contributed by atoms with E-state index in [9.17, 15) is 17.6 Å². The van der Waals surface area contributed by atoms with Crippen LogP contribution in [-0.4, -0.2) is 6.18 Å². The molecule has 2 nitrogen and oxygen atoms in total. The molecule has 6 heteroatoms. The zero-order chi connectivity index (χ0) is 10.9. The molecule has 0 bridgehead atoms. The average molecular weight is 208 g/mol. The topological polar surface area (TPSA) is 52.0 Å². The van der Waals surface area contributed by atoms with Crippen LogP contribution in [0.1, 0.15) is 11.6 Å². The molecule has 1 aromatic carbocycles. The summed E-state index contributed by atoms with van der Waals surface area (Å²) in [5.41, 5.74) is 8.94. The first-order valence-corrected chi connectivity index (χ1v) is 3.70. The van der Waals surface area contributed by atoms with E-state index in [2.05, 4.69) is 0 Å². The number of alkyl halides is 3. The molecule has 14 heavy (non-hydrogen) atoms. The van der Waals surface area contributed by atoms with Crippen LogP contribution < -0.4 is 11.5 Å². The van der Waals surface area contributed by atoms with Crippen LogP contribution in [0.3, 0.4) is 0 Å². The number of halogens is 4. The Kier molecular flexibility index (Phi) is 2.66. The van der Waals surface area contributed by atoms with Crippen molar-refractivity contribution in [2.45, 2.75) is 12.2 Å². The first-order chi connectivity index (χ1) is 6.34. The molecule has 0 aliphatic heterocycles. The van der Waals surface area contributed by atoms with Gasteiger partial charge < -0.3 is 11.5 Å². The molecule has 1 rings (SSSR count). The highest BCUT2D eigenvalue weighted by Crippen LogP contribution is 2.32. The molecule has 0 heterocycles. The van der Waals surface area contributed by atoms with E-state index in [1.54, 1.807) is 0 Å². The van der Waals surface area contributed by atoms with Crippen molar-refractivity contribution in [1.29, 1.82) is 0 Å². The van der Waals surface area contributed by atoms with Crippen LogP contribution in [0.4, 0.5) is 23.2 Å². The highest BCUT2D eigenvalue weighted by molar-refractivity contribution is 5.44. The molecule has 4 N–H and O–H groups in total. The summed E-state index contributed by atoms with van der Waals surface area (Å²) in [6.45, 7) is 0. The van der Waals surface area contributed by atoms with Crippen molar-refractivity contribution in [3.8, 4) is 0 Å². The molecule has 0 fully saturated rings. The molecule has 0 aliphatic rings. The lowest BCUT2D eigenvalue weighted by molar-refractivity contribution is -0.149. The zero-order valence-corrected chi connectivity index (χ0v) is 6.98. The first-order valence-electron chi connectivity index (χ1n) is 3.70. The monoisotopic (exact) mass is 208 g/mol. The highest BCUT2D eigenvalue weighted by Gasteiger charge is 2.39. The lowest BCUT2D eigenvalue weighted by atomic mass is 10.1. The Morgan fingerprint density at radius 3 is 2.29 bits per heavy atom. The molecule has 0 aromatic heterocycles. The predicted octanol–water partition coefficient (Wildman–Crippen LogP) is 1.97. The molecule has 1 aromatic rings. The van der Waals surface area contributed by atoms with E-state index >= 15 is 0 Å². The Hall–Kier alpha value is -1.30. The Bertz CT molecular complexity index is 335. The fourth-order valence-corrected chi connectivity index (χ4v) is 0.985. The van der Waals surface area contributed by atoms with Gasteiger partial charge in [0.15, 0.2) is 5.82 Å². The summed E-state index contributed by atoms with van der Waals surface area (Å²) in [5, 5.41) is 0. The van der Waals surface area contributed by atoms with Crippen LogP contribution in [0, 0.1) is 5.82 Å². The zero-order valence-electron chi connectivity index (χ0n) is 6.98. The predicted molar refractivity (Wildman–Crippen MR) is 43.8 cm³/mol. The third-order valence-corrected chi connectivity index (χ3v) is 1.75. The quantitative estimate of drug-likeness (QED) is 0.547. The summed E-state index contributed by atoms with van der Waals surface area (Å²) in [6, 6.07) is 1.01. The molecule has 0 radical (unpaired) electrons. The van der Waals surface area contributed by atoms with Crippen molar-refractivity contribution in [1.82, 2.24) is 0 Å². The van der Waals surface area contributed by atoms with E-state index in [0.29, 0.717) is 0 Å². The standard InChI is InChI=1S/C8H8F4N2/c9-6-4(2-1-3-5(6)13)7(14)8(10,11)12/h1-3,7H,13-14H2/t7-/m0/s1. The van der Waals surface area contributed by atoms with E-state index in [0.717, 1.165) is 6.07 Å². The minimum Gasteiger partial charge on any atom is -0.396 e. The van der Waals surface area contributed by atoms with Crippen LogP contribution in [0.25, 0.3) is 0 Å². The van der Waals surface area contributed by atoms with Crippen LogP contribution in [0.15, 0.2) is 18.2 Å². The van der Waals surface area contributed by atoms with E-state index < -0.39 is 23.6 Å². The van der Waals surface area contributed by atoms with Crippen molar-refractivity contribution < 1.29 is 17.6 Å². The number of hydrogen-bond acceptors (Lipinski definition) is 2. The van der Waals surface area contributed by atoms with Crippen molar-refractivity contribution in [2.24, 2.45) is 5.73 Å². The first kappa shape index (κ1) is 10.8. The smallest absolute Gasteiger partial charge is 0.396 e. The Labute approximate surface area is 77.5 Å². The number of rotatable bonds is 1. The van der Waals surface area contributed by atoms with E-state index in [1.165, 1.54) is 12.1 Å². The molecular formula is C8H8F4N2. The second-order valence-corrected chi connectivity index (χ2v) is 2.77. The maximum Gasteiger partial charge on any atom is 0.407 e. The van der Waals surface area contributed by atoms with Gasteiger partial charge in [0.05, 0.1) is 5.69 Å². The molecule has 0 saturated heterocycles. The Balaban J connectivity index is 3.14. The number of nitrogen functional groups attached to an aromatic ring is 1. The van der Waals surface area contributed by atoms with Crippen LogP contribution >= 0.6 is 0 Å². The fourth-order valence-electron chi connectivity index (χ4n) is 0.985. The van der Waals surface area contributed by atoms with Gasteiger partial charge in [-0.05, 0) is 6.07 Å². The summed E-state index contributed by atoms with van der Waals surface area (Å²) in [5.74, 6) is -1.11. The van der Waals surface area contributed by atoms with Gasteiger partial charge >= 0.3 is 6.18 Å². The summed E-state index contributed by atoms with van der Waals surface area (Å²) >= 11 is 0. The summed E-state index contributed by atoms with van der Waals surface area (Å²) in [4.78, 5) is 0. The molecule has 1 atom stereocenters. The highest BCUT2D eigenvalue weighted by atomic mass is 19.4. The van der Waals surface area contributed by atoms with Gasteiger partial charge in [0.2, 0.25) is 0 Å². The van der Waals surface area contributed by atoms with Gasteiger partial charge in [0.25, 0.3) is 0 Å². The second-order valence-electron chi connectivity index (χ2n) is 2.77. The maximum absolute atomic E-state index is 13.1. The summed E-state index contributed by atoms with van der Waals surface area (Å²) in [7, 11) is 0. The Morgan fingerprint density at radius 2 is 1.79 bits per heavy atom. The summed E-state index contributed by atoms with van der Waals surface area (Å²) in [6.07, 6.45) is -4.67. The maximum atomic E-state index is 13.1. The molecule has 0 unspecified atom stereocenters. The molecule has 78 valence electrons. The van der Waals surface area contributed by atoms with Crippen LogP contribution in [-0.2, 0) is 0 Å². The van der Waals surface area contributed by atoms with Gasteiger partial charge in [0, 0.05) is 5.56 Å². The van der Waals surface area contributed by atoms with Gasteiger partial charge in [-0.3, -0.25) is 0 Å². The second kappa shape index (κ2) is 3.45. The third-order valence-electron chi connectivity index (χ3n) is 1.75. The van der Waals surface area contributed by atoms with Gasteiger partial charge in [0.1, 0.15) is 6.04 Å². The minimum absolute atomic E-state index is 0.345. The van der Waals surface area contributed by atoms with Crippen molar-refractivity contribution >= 4 is 5.69 Å². The largest absolute Gasteiger partial charge is 0.407 e. The lowest BCUT2D eigenvalue weighted by Gasteiger charge is -2.16. The minimum atomic E-state index is -4.67. The van der Waals surface area contributed by atoms with Crippen molar-refractivity contribution in [3.05, 3.63) is 29.6 Å². The SMILES string of the molecule is Nc1cccc([C@H](N)C(F)(F)F)c1F. The molecule has 0 amide bonds. The van der Waals surface area contributed by atoms with Gasteiger partial charge in [-0.2, -0.15) is 13.2 Å². The van der Waals surface area contributed by atoms with Gasteiger partial charge in [-0.25, -0.2) is 4.39 Å². The number of nitrogens with two attached hydrogens (primary N) is 2. The fraction of sp³-hybridized carbons (Fsp3) is 0.250. The Morgan fingerprint density at radius 1 is 1.21 bits per heavy atom. The molecule has 0 spiro atoms. The normalized spacial score (nSPS) is 14.1. The third kappa shape index (κ3) is 1.95. The summed E-state index contributed by atoms with van der Waals surface area (Å²) < 4.78 is 49.4. The van der Waals surface area contributed by atoms with Crippen LogP contribution in [0.2, 0.25) is 0 Å². The van der Waals surface area contributed by atoms with Gasteiger partial charge in [-0.1, -0.05) is 12.1 Å². The van der Waals surface area contributed by atoms with Crippen LogP contribution in [0.5, 0.6) is 0 Å². The lowest BCUT2D eigenvalue weighted by Crippen LogP contribution is -2.29. The van der Waals surface area contributed by atoms with E-state index in [-0.39, 0.29) is 5.69 Å². The number of hydrogen-bond donors (Lipinski definition) is 2.